The molecule has 1 N–H and O–H groups in total. The van der Waals surface area contributed by atoms with Crippen LogP contribution >= 0.6 is 11.3 Å². The van der Waals surface area contributed by atoms with E-state index in [9.17, 15) is 9.18 Å². The lowest BCUT2D eigenvalue weighted by molar-refractivity contribution is 0.0943. The van der Waals surface area contributed by atoms with Crippen molar-refractivity contribution in [1.29, 1.82) is 0 Å². The molecule has 4 aromatic rings. The summed E-state index contributed by atoms with van der Waals surface area (Å²) < 4.78 is 17.1. The van der Waals surface area contributed by atoms with Crippen molar-refractivity contribution in [2.24, 2.45) is 0 Å². The third-order valence-corrected chi connectivity index (χ3v) is 5.14. The van der Waals surface area contributed by atoms with Gasteiger partial charge >= 0.3 is 0 Å². The monoisotopic (exact) mass is 411 g/mol. The van der Waals surface area contributed by atoms with E-state index in [1.54, 1.807) is 18.5 Å². The molecule has 10 heteroatoms. The maximum absolute atomic E-state index is 13.7. The van der Waals surface area contributed by atoms with Gasteiger partial charge < -0.3 is 9.88 Å². The number of thiophene rings is 1. The van der Waals surface area contributed by atoms with Gasteiger partial charge in [0.05, 0.1) is 10.6 Å². The summed E-state index contributed by atoms with van der Waals surface area (Å²) >= 11 is 1.47. The Morgan fingerprint density at radius 3 is 2.93 bits per heavy atom. The van der Waals surface area contributed by atoms with Crippen LogP contribution in [-0.4, -0.2) is 42.0 Å². The highest BCUT2D eigenvalue weighted by molar-refractivity contribution is 7.13. The van der Waals surface area contributed by atoms with Gasteiger partial charge in [0.2, 0.25) is 5.82 Å². The number of nitrogens with one attached hydrogen (secondary N) is 1. The fourth-order valence-corrected chi connectivity index (χ4v) is 3.56. The predicted octanol–water partition coefficient (Wildman–Crippen LogP) is 2.72. The third kappa shape index (κ3) is 4.06. The van der Waals surface area contributed by atoms with Crippen molar-refractivity contribution >= 4 is 17.2 Å². The highest BCUT2D eigenvalue weighted by Crippen LogP contribution is 2.25. The zero-order valence-corrected chi connectivity index (χ0v) is 16.4. The van der Waals surface area contributed by atoms with Gasteiger partial charge in [0, 0.05) is 19.5 Å². The molecule has 0 spiro atoms. The lowest BCUT2D eigenvalue weighted by Crippen LogP contribution is -2.27. The molecule has 0 aliphatic heterocycles. The molecule has 0 saturated carbocycles. The average molecular weight is 411 g/mol. The number of rotatable bonds is 7. The smallest absolute Gasteiger partial charge is 0.291 e. The van der Waals surface area contributed by atoms with Gasteiger partial charge in [-0.25, -0.2) is 14.1 Å². The summed E-state index contributed by atoms with van der Waals surface area (Å²) in [7, 11) is 0. The SMILES string of the molecule is CCn1cnnc1CCNC(=O)c1nc(-c2cccs2)n(-c2cccc(F)c2)n1. The van der Waals surface area contributed by atoms with Crippen molar-refractivity contribution < 1.29 is 9.18 Å². The van der Waals surface area contributed by atoms with Crippen LogP contribution in [-0.2, 0) is 13.0 Å². The van der Waals surface area contributed by atoms with Crippen LogP contribution in [0.15, 0.2) is 48.1 Å². The van der Waals surface area contributed by atoms with Crippen LogP contribution in [0.3, 0.4) is 0 Å². The van der Waals surface area contributed by atoms with Gasteiger partial charge in [0.15, 0.2) is 5.82 Å². The van der Waals surface area contributed by atoms with Gasteiger partial charge in [-0.15, -0.1) is 26.6 Å². The topological polar surface area (TPSA) is 90.5 Å². The highest BCUT2D eigenvalue weighted by Gasteiger charge is 2.19. The number of aryl methyl sites for hydroxylation is 1. The molecule has 1 aromatic carbocycles. The van der Waals surface area contributed by atoms with Gasteiger partial charge in [-0.2, -0.15) is 0 Å². The Labute approximate surface area is 170 Å². The van der Waals surface area contributed by atoms with Gasteiger partial charge in [0.1, 0.15) is 18.0 Å². The van der Waals surface area contributed by atoms with Crippen LogP contribution in [0.25, 0.3) is 16.4 Å². The van der Waals surface area contributed by atoms with Gasteiger partial charge in [-0.1, -0.05) is 12.1 Å². The first-order chi connectivity index (χ1) is 14.2. The van der Waals surface area contributed by atoms with E-state index in [0.717, 1.165) is 17.2 Å². The first kappa shape index (κ1) is 18.9. The van der Waals surface area contributed by atoms with E-state index >= 15 is 0 Å². The van der Waals surface area contributed by atoms with E-state index < -0.39 is 5.91 Å². The van der Waals surface area contributed by atoms with Crippen molar-refractivity contribution in [3.05, 3.63) is 65.6 Å². The number of hydrogen-bond donors (Lipinski definition) is 1. The molecular formula is C19H18FN7OS. The largest absolute Gasteiger partial charge is 0.349 e. The Hall–Kier alpha value is -3.40. The fraction of sp³-hybridized carbons (Fsp3) is 0.211. The predicted molar refractivity (Wildman–Crippen MR) is 106 cm³/mol. The average Bonchev–Trinajstić information content (AvgIpc) is 3.47. The molecule has 0 radical (unpaired) electrons. The molecule has 0 unspecified atom stereocenters. The molecule has 148 valence electrons. The lowest BCUT2D eigenvalue weighted by Gasteiger charge is -2.04. The van der Waals surface area contributed by atoms with Crippen molar-refractivity contribution in [3.8, 4) is 16.4 Å². The van der Waals surface area contributed by atoms with E-state index in [4.69, 9.17) is 0 Å². The first-order valence-corrected chi connectivity index (χ1v) is 9.95. The fourth-order valence-electron chi connectivity index (χ4n) is 2.87. The lowest BCUT2D eigenvalue weighted by atomic mass is 10.3. The van der Waals surface area contributed by atoms with Crippen molar-refractivity contribution in [3.63, 3.8) is 0 Å². The molecule has 29 heavy (non-hydrogen) atoms. The maximum Gasteiger partial charge on any atom is 0.291 e. The Kier molecular flexibility index (Phi) is 5.43. The molecule has 0 fully saturated rings. The molecule has 8 nitrogen and oxygen atoms in total. The summed E-state index contributed by atoms with van der Waals surface area (Å²) in [6.07, 6.45) is 2.20. The second kappa shape index (κ2) is 8.31. The van der Waals surface area contributed by atoms with Gasteiger partial charge in [0.25, 0.3) is 5.91 Å². The highest BCUT2D eigenvalue weighted by atomic mass is 32.1. The summed E-state index contributed by atoms with van der Waals surface area (Å²) in [5.41, 5.74) is 0.496. The zero-order valence-electron chi connectivity index (χ0n) is 15.6. The van der Waals surface area contributed by atoms with E-state index in [-0.39, 0.29) is 11.6 Å². The summed E-state index contributed by atoms with van der Waals surface area (Å²) in [4.78, 5) is 17.8. The third-order valence-electron chi connectivity index (χ3n) is 4.28. The number of nitrogens with zero attached hydrogens (tertiary/aromatic N) is 6. The molecule has 0 bridgehead atoms. The quantitative estimate of drug-likeness (QED) is 0.505. The van der Waals surface area contributed by atoms with E-state index in [1.807, 2.05) is 29.0 Å². The Bertz CT molecular complexity index is 1120. The van der Waals surface area contributed by atoms with Crippen LogP contribution in [0.4, 0.5) is 4.39 Å². The minimum atomic E-state index is -0.402. The molecule has 4 rings (SSSR count). The van der Waals surface area contributed by atoms with Crippen molar-refractivity contribution in [2.45, 2.75) is 19.9 Å². The summed E-state index contributed by atoms with van der Waals surface area (Å²) in [5, 5.41) is 17.0. The van der Waals surface area contributed by atoms with Crippen molar-refractivity contribution in [1.82, 2.24) is 34.8 Å². The summed E-state index contributed by atoms with van der Waals surface area (Å²) in [5.74, 6) is 0.517. The number of amides is 1. The number of aromatic nitrogens is 6. The molecular weight excluding hydrogens is 393 g/mol. The van der Waals surface area contributed by atoms with Gasteiger partial charge in [-0.3, -0.25) is 4.79 Å². The Morgan fingerprint density at radius 2 is 2.17 bits per heavy atom. The minimum absolute atomic E-state index is 0.0228. The Balaban J connectivity index is 1.56. The molecule has 0 saturated heterocycles. The second-order valence-corrected chi connectivity index (χ2v) is 7.11. The van der Waals surface area contributed by atoms with Crippen LogP contribution in [0.2, 0.25) is 0 Å². The summed E-state index contributed by atoms with van der Waals surface area (Å²) in [6.45, 7) is 3.14. The maximum atomic E-state index is 13.7. The zero-order chi connectivity index (χ0) is 20.2. The van der Waals surface area contributed by atoms with Crippen LogP contribution in [0.1, 0.15) is 23.4 Å². The van der Waals surface area contributed by atoms with Crippen LogP contribution < -0.4 is 5.32 Å². The van der Waals surface area contributed by atoms with E-state index in [0.29, 0.717) is 24.5 Å². The molecule has 3 heterocycles. The normalized spacial score (nSPS) is 11.0. The molecule has 3 aromatic heterocycles. The Morgan fingerprint density at radius 1 is 1.28 bits per heavy atom. The van der Waals surface area contributed by atoms with Gasteiger partial charge in [-0.05, 0) is 36.6 Å². The van der Waals surface area contributed by atoms with Crippen LogP contribution in [0, 0.1) is 5.82 Å². The van der Waals surface area contributed by atoms with E-state index in [2.05, 4.69) is 25.6 Å². The summed E-state index contributed by atoms with van der Waals surface area (Å²) in [6, 6.07) is 9.78. The number of halogens is 1. The molecule has 0 atom stereocenters. The number of benzene rings is 1. The molecule has 0 aliphatic rings. The van der Waals surface area contributed by atoms with E-state index in [1.165, 1.54) is 28.2 Å². The number of hydrogen-bond acceptors (Lipinski definition) is 6. The standard InChI is InChI=1S/C19H18FN7OS/c1-2-26-12-22-24-16(26)8-9-21-19(28)17-23-18(15-7-4-10-29-15)27(25-17)14-6-3-5-13(20)11-14/h3-7,10-12H,2,8-9H2,1H3,(H,21,28). The number of carbonyl (C=O) groups is 1. The van der Waals surface area contributed by atoms with Crippen LogP contribution in [0.5, 0.6) is 0 Å². The molecule has 1 amide bonds. The first-order valence-electron chi connectivity index (χ1n) is 9.07. The van der Waals surface area contributed by atoms with Crippen molar-refractivity contribution in [2.75, 3.05) is 6.54 Å². The molecule has 0 aliphatic carbocycles. The second-order valence-electron chi connectivity index (χ2n) is 6.17. The minimum Gasteiger partial charge on any atom is -0.349 e. The number of carbonyl (C=O) groups excluding carboxylic acids is 1.